The quantitative estimate of drug-likeness (QED) is 0.847. The van der Waals surface area contributed by atoms with E-state index in [4.69, 9.17) is 10.00 Å². The van der Waals surface area contributed by atoms with Crippen LogP contribution < -0.4 is 10.2 Å². The molecule has 1 heterocycles. The lowest BCUT2D eigenvalue weighted by Gasteiger charge is -2.36. The van der Waals surface area contributed by atoms with Crippen molar-refractivity contribution in [2.24, 2.45) is 0 Å². The molecule has 0 spiro atoms. The Kier molecular flexibility index (Phi) is 5.57. The number of rotatable bonds is 3. The molecular formula is C20H20N4O3. The summed E-state index contributed by atoms with van der Waals surface area (Å²) in [6, 6.07) is 16.0. The van der Waals surface area contributed by atoms with E-state index < -0.39 is 0 Å². The predicted molar refractivity (Wildman–Crippen MR) is 102 cm³/mol. The van der Waals surface area contributed by atoms with E-state index in [9.17, 15) is 9.59 Å². The normalized spacial score (nSPS) is 13.6. The molecule has 138 valence electrons. The fourth-order valence-electron chi connectivity index (χ4n) is 3.07. The first-order valence-electron chi connectivity index (χ1n) is 8.61. The van der Waals surface area contributed by atoms with Crippen molar-refractivity contribution < 1.29 is 14.3 Å². The number of carbonyl (C=O) groups excluding carboxylic acids is 2. The highest BCUT2D eigenvalue weighted by molar-refractivity contribution is 5.96. The van der Waals surface area contributed by atoms with Crippen molar-refractivity contribution in [3.05, 3.63) is 59.7 Å². The van der Waals surface area contributed by atoms with Gasteiger partial charge in [-0.3, -0.25) is 0 Å². The lowest BCUT2D eigenvalue weighted by molar-refractivity contribution is 0.0601. The summed E-state index contributed by atoms with van der Waals surface area (Å²) in [4.78, 5) is 28.2. The highest BCUT2D eigenvalue weighted by Gasteiger charge is 2.24. The molecule has 27 heavy (non-hydrogen) atoms. The molecule has 7 heteroatoms. The smallest absolute Gasteiger partial charge is 0.339 e. The molecule has 2 aromatic rings. The monoisotopic (exact) mass is 364 g/mol. The zero-order valence-electron chi connectivity index (χ0n) is 15.0. The molecule has 2 aromatic carbocycles. The number of nitrogens with zero attached hydrogens (tertiary/aromatic N) is 3. The van der Waals surface area contributed by atoms with Crippen LogP contribution in [0, 0.1) is 11.3 Å². The Labute approximate surface area is 157 Å². The summed E-state index contributed by atoms with van der Waals surface area (Å²) < 4.78 is 4.85. The van der Waals surface area contributed by atoms with Crippen LogP contribution in [0.15, 0.2) is 48.5 Å². The van der Waals surface area contributed by atoms with Crippen LogP contribution >= 0.6 is 0 Å². The second-order valence-corrected chi connectivity index (χ2v) is 6.07. The van der Waals surface area contributed by atoms with Gasteiger partial charge in [0, 0.05) is 26.2 Å². The van der Waals surface area contributed by atoms with Crippen LogP contribution in [0.4, 0.5) is 16.2 Å². The van der Waals surface area contributed by atoms with E-state index in [0.29, 0.717) is 43.0 Å². The van der Waals surface area contributed by atoms with E-state index in [1.807, 2.05) is 12.1 Å². The zero-order valence-corrected chi connectivity index (χ0v) is 15.0. The molecular weight excluding hydrogens is 344 g/mol. The van der Waals surface area contributed by atoms with Gasteiger partial charge in [0.1, 0.15) is 6.07 Å². The van der Waals surface area contributed by atoms with Gasteiger partial charge in [0.05, 0.1) is 29.6 Å². The van der Waals surface area contributed by atoms with E-state index in [-0.39, 0.29) is 12.0 Å². The third-order valence-corrected chi connectivity index (χ3v) is 4.51. The van der Waals surface area contributed by atoms with Crippen molar-refractivity contribution in [2.45, 2.75) is 0 Å². The van der Waals surface area contributed by atoms with Crippen LogP contribution in [-0.4, -0.2) is 50.2 Å². The first-order chi connectivity index (χ1) is 13.1. The summed E-state index contributed by atoms with van der Waals surface area (Å²) in [5.41, 5.74) is 2.25. The van der Waals surface area contributed by atoms with Gasteiger partial charge in [0.25, 0.3) is 0 Å². The Bertz CT molecular complexity index is 883. The summed E-state index contributed by atoms with van der Waals surface area (Å²) in [5, 5.41) is 11.9. The van der Waals surface area contributed by atoms with Crippen LogP contribution in [0.2, 0.25) is 0 Å². The number of nitriles is 1. The van der Waals surface area contributed by atoms with E-state index >= 15 is 0 Å². The summed E-state index contributed by atoms with van der Waals surface area (Å²) in [6.45, 7) is 2.22. The molecule has 1 aliphatic heterocycles. The Hall–Kier alpha value is -3.53. The third-order valence-electron chi connectivity index (χ3n) is 4.51. The topological polar surface area (TPSA) is 85.7 Å². The number of ether oxygens (including phenoxy) is 1. The molecule has 0 aliphatic carbocycles. The number of urea groups is 1. The lowest BCUT2D eigenvalue weighted by Crippen LogP contribution is -2.50. The van der Waals surface area contributed by atoms with Gasteiger partial charge in [-0.15, -0.1) is 0 Å². The third kappa shape index (κ3) is 4.01. The molecule has 1 fully saturated rings. The van der Waals surface area contributed by atoms with Gasteiger partial charge in [-0.05, 0) is 24.3 Å². The summed E-state index contributed by atoms with van der Waals surface area (Å²) in [6.07, 6.45) is 0. The van der Waals surface area contributed by atoms with Crippen LogP contribution in [-0.2, 0) is 4.74 Å². The van der Waals surface area contributed by atoms with Gasteiger partial charge in [-0.25, -0.2) is 9.59 Å². The van der Waals surface area contributed by atoms with Crippen LogP contribution in [0.3, 0.4) is 0 Å². The van der Waals surface area contributed by atoms with E-state index in [0.717, 1.165) is 5.69 Å². The maximum absolute atomic E-state index is 12.5. The number of benzene rings is 2. The molecule has 0 aromatic heterocycles. The summed E-state index contributed by atoms with van der Waals surface area (Å²) >= 11 is 0. The SMILES string of the molecule is COC(=O)c1ccccc1N1CCN(C(=O)Nc2ccccc2C#N)CC1. The molecule has 0 saturated carbocycles. The number of piperazine rings is 1. The van der Waals surface area contributed by atoms with Gasteiger partial charge >= 0.3 is 12.0 Å². The number of hydrogen-bond donors (Lipinski definition) is 1. The highest BCUT2D eigenvalue weighted by atomic mass is 16.5. The van der Waals surface area contributed by atoms with Crippen molar-refractivity contribution in [1.82, 2.24) is 4.90 Å². The van der Waals surface area contributed by atoms with Gasteiger partial charge in [-0.2, -0.15) is 5.26 Å². The van der Waals surface area contributed by atoms with E-state index in [1.165, 1.54) is 7.11 Å². The second-order valence-electron chi connectivity index (χ2n) is 6.07. The number of esters is 1. The highest BCUT2D eigenvalue weighted by Crippen LogP contribution is 2.23. The number of nitrogens with one attached hydrogen (secondary N) is 1. The first-order valence-corrected chi connectivity index (χ1v) is 8.61. The maximum atomic E-state index is 12.5. The Morgan fingerprint density at radius 2 is 1.70 bits per heavy atom. The molecule has 1 saturated heterocycles. The molecule has 0 unspecified atom stereocenters. The van der Waals surface area contributed by atoms with E-state index in [2.05, 4.69) is 16.3 Å². The molecule has 0 bridgehead atoms. The van der Waals surface area contributed by atoms with Gasteiger partial charge in [0.2, 0.25) is 0 Å². The molecule has 1 aliphatic rings. The molecule has 0 atom stereocenters. The number of anilines is 2. The minimum Gasteiger partial charge on any atom is -0.465 e. The minimum absolute atomic E-state index is 0.237. The predicted octanol–water partition coefficient (Wildman–Crippen LogP) is 2.70. The second kappa shape index (κ2) is 8.23. The average molecular weight is 364 g/mol. The Balaban J connectivity index is 1.65. The number of methoxy groups -OCH3 is 1. The van der Waals surface area contributed by atoms with Crippen molar-refractivity contribution in [3.8, 4) is 6.07 Å². The number of hydrogen-bond acceptors (Lipinski definition) is 5. The summed E-state index contributed by atoms with van der Waals surface area (Å²) in [7, 11) is 1.36. The molecule has 1 N–H and O–H groups in total. The Morgan fingerprint density at radius 1 is 1.04 bits per heavy atom. The molecule has 7 nitrogen and oxygen atoms in total. The largest absolute Gasteiger partial charge is 0.465 e. The fourth-order valence-corrected chi connectivity index (χ4v) is 3.07. The van der Waals surface area contributed by atoms with Crippen molar-refractivity contribution in [2.75, 3.05) is 43.5 Å². The van der Waals surface area contributed by atoms with E-state index in [1.54, 1.807) is 41.3 Å². The van der Waals surface area contributed by atoms with Crippen molar-refractivity contribution in [3.63, 3.8) is 0 Å². The van der Waals surface area contributed by atoms with Crippen LogP contribution in [0.5, 0.6) is 0 Å². The average Bonchev–Trinajstić information content (AvgIpc) is 2.73. The minimum atomic E-state index is -0.376. The van der Waals surface area contributed by atoms with Gasteiger partial charge < -0.3 is 19.9 Å². The van der Waals surface area contributed by atoms with Crippen molar-refractivity contribution >= 4 is 23.4 Å². The number of carbonyl (C=O) groups is 2. The maximum Gasteiger partial charge on any atom is 0.339 e. The van der Waals surface area contributed by atoms with Gasteiger partial charge in [0.15, 0.2) is 0 Å². The fraction of sp³-hybridized carbons (Fsp3) is 0.250. The molecule has 0 radical (unpaired) electrons. The van der Waals surface area contributed by atoms with Crippen LogP contribution in [0.1, 0.15) is 15.9 Å². The van der Waals surface area contributed by atoms with Crippen LogP contribution in [0.25, 0.3) is 0 Å². The number of para-hydroxylation sites is 2. The number of amides is 2. The zero-order chi connectivity index (χ0) is 19.2. The molecule has 3 rings (SSSR count). The standard InChI is InChI=1S/C20H20N4O3/c1-27-19(25)16-7-3-5-9-18(16)23-10-12-24(13-11-23)20(26)22-17-8-4-2-6-15(17)14-21/h2-9H,10-13H2,1H3,(H,22,26). The summed E-state index contributed by atoms with van der Waals surface area (Å²) in [5.74, 6) is -0.376. The Morgan fingerprint density at radius 3 is 2.41 bits per heavy atom. The lowest BCUT2D eigenvalue weighted by atomic mass is 10.1. The molecule has 2 amide bonds. The first kappa shape index (κ1) is 18.3. The van der Waals surface area contributed by atoms with Gasteiger partial charge in [-0.1, -0.05) is 24.3 Å². The van der Waals surface area contributed by atoms with Crippen molar-refractivity contribution in [1.29, 1.82) is 5.26 Å².